The molecule has 3 aliphatic rings. The van der Waals surface area contributed by atoms with Crippen LogP contribution in [0.25, 0.3) is 0 Å². The predicted molar refractivity (Wildman–Crippen MR) is 111 cm³/mol. The van der Waals surface area contributed by atoms with E-state index in [1.165, 1.54) is 83.5 Å². The minimum atomic E-state index is 0.415. The third kappa shape index (κ3) is 4.33. The fourth-order valence-electron chi connectivity index (χ4n) is 5.04. The van der Waals surface area contributed by atoms with E-state index < -0.39 is 0 Å². The van der Waals surface area contributed by atoms with E-state index in [1.807, 2.05) is 11.3 Å². The van der Waals surface area contributed by atoms with Crippen LogP contribution in [0.15, 0.2) is 11.4 Å². The van der Waals surface area contributed by atoms with Gasteiger partial charge in [-0.1, -0.05) is 6.42 Å². The largest absolute Gasteiger partial charge is 0.306 e. The van der Waals surface area contributed by atoms with Crippen LogP contribution in [0.1, 0.15) is 42.5 Å². The molecule has 0 amide bonds. The van der Waals surface area contributed by atoms with Gasteiger partial charge in [-0.05, 0) is 83.0 Å². The molecule has 0 radical (unpaired) electrons. The van der Waals surface area contributed by atoms with Gasteiger partial charge in [-0.25, -0.2) is 0 Å². The molecule has 1 aromatic rings. The molecule has 0 N–H and O–H groups in total. The van der Waals surface area contributed by atoms with Gasteiger partial charge in [0.25, 0.3) is 0 Å². The van der Waals surface area contributed by atoms with Crippen LogP contribution in [0.3, 0.4) is 0 Å². The van der Waals surface area contributed by atoms with Crippen molar-refractivity contribution in [2.24, 2.45) is 0 Å². The van der Waals surface area contributed by atoms with E-state index in [1.54, 1.807) is 4.88 Å². The Morgan fingerprint density at radius 2 is 1.65 bits per heavy atom. The smallest absolute Gasteiger partial charge is 0.0358 e. The molecule has 26 heavy (non-hydrogen) atoms. The van der Waals surface area contributed by atoms with E-state index in [-0.39, 0.29) is 0 Å². The van der Waals surface area contributed by atoms with Gasteiger partial charge in [0.2, 0.25) is 0 Å². The van der Waals surface area contributed by atoms with Crippen molar-refractivity contribution in [3.05, 3.63) is 21.9 Å². The van der Waals surface area contributed by atoms with E-state index in [0.717, 1.165) is 13.1 Å². The average molecular weight is 377 g/mol. The highest BCUT2D eigenvalue weighted by Crippen LogP contribution is 2.32. The van der Waals surface area contributed by atoms with Crippen LogP contribution in [0.5, 0.6) is 0 Å². The van der Waals surface area contributed by atoms with Crippen LogP contribution in [-0.4, -0.2) is 85.0 Å². The maximum absolute atomic E-state index is 2.72. The Kier molecular flexibility index (Phi) is 6.01. The van der Waals surface area contributed by atoms with Gasteiger partial charge >= 0.3 is 0 Å². The Labute approximate surface area is 163 Å². The first-order valence-corrected chi connectivity index (χ1v) is 11.4. The standard InChI is InChI=1S/C21H36N4S/c1-22-10-6-21(7-11-22)18-25(13-12-23(21)2)16-20-14-19(17-26-20)15-24-8-4-3-5-9-24/h14,17H,3-13,15-16,18H2,1-2H3. The first-order chi connectivity index (χ1) is 12.6. The van der Waals surface area contributed by atoms with Crippen molar-refractivity contribution >= 4 is 11.3 Å². The monoisotopic (exact) mass is 376 g/mol. The van der Waals surface area contributed by atoms with Gasteiger partial charge in [-0.2, -0.15) is 0 Å². The van der Waals surface area contributed by atoms with Crippen molar-refractivity contribution in [3.8, 4) is 0 Å². The molecular formula is C21H36N4S. The van der Waals surface area contributed by atoms with Gasteiger partial charge in [-0.15, -0.1) is 11.3 Å². The first kappa shape index (κ1) is 18.9. The Hall–Kier alpha value is -0.460. The number of nitrogens with zero attached hydrogens (tertiary/aromatic N) is 4. The van der Waals surface area contributed by atoms with Crippen LogP contribution >= 0.6 is 11.3 Å². The van der Waals surface area contributed by atoms with Crippen molar-refractivity contribution in [1.82, 2.24) is 19.6 Å². The van der Waals surface area contributed by atoms with Gasteiger partial charge in [0.05, 0.1) is 0 Å². The molecule has 0 aliphatic carbocycles. The zero-order valence-electron chi connectivity index (χ0n) is 16.8. The number of piperidine rings is 2. The van der Waals surface area contributed by atoms with Crippen molar-refractivity contribution in [3.63, 3.8) is 0 Å². The molecule has 3 aliphatic heterocycles. The predicted octanol–water partition coefficient (Wildman–Crippen LogP) is 2.95. The summed E-state index contributed by atoms with van der Waals surface area (Å²) in [6.45, 7) is 11.1. The van der Waals surface area contributed by atoms with Crippen LogP contribution in [-0.2, 0) is 13.1 Å². The zero-order valence-corrected chi connectivity index (χ0v) is 17.6. The van der Waals surface area contributed by atoms with Gasteiger partial charge in [0, 0.05) is 43.1 Å². The van der Waals surface area contributed by atoms with Gasteiger partial charge in [0.1, 0.15) is 0 Å². The molecule has 1 aromatic heterocycles. The number of thiophene rings is 1. The van der Waals surface area contributed by atoms with Crippen molar-refractivity contribution < 1.29 is 0 Å². The van der Waals surface area contributed by atoms with Gasteiger partial charge in [0.15, 0.2) is 0 Å². The summed E-state index contributed by atoms with van der Waals surface area (Å²) in [7, 11) is 4.62. The molecule has 5 heteroatoms. The zero-order chi connectivity index (χ0) is 18.0. The average Bonchev–Trinajstić information content (AvgIpc) is 3.08. The van der Waals surface area contributed by atoms with Crippen LogP contribution in [0.4, 0.5) is 0 Å². The molecule has 4 rings (SSSR count). The number of piperazine rings is 1. The topological polar surface area (TPSA) is 13.0 Å². The number of likely N-dealkylation sites (tertiary alicyclic amines) is 2. The molecule has 0 unspecified atom stereocenters. The lowest BCUT2D eigenvalue weighted by Crippen LogP contribution is -2.63. The highest BCUT2D eigenvalue weighted by molar-refractivity contribution is 7.10. The van der Waals surface area contributed by atoms with Crippen LogP contribution in [0, 0.1) is 0 Å². The third-order valence-corrected chi connectivity index (χ3v) is 7.91. The molecule has 0 bridgehead atoms. The van der Waals surface area contributed by atoms with Crippen LogP contribution < -0.4 is 0 Å². The fraction of sp³-hybridized carbons (Fsp3) is 0.810. The van der Waals surface area contributed by atoms with Gasteiger partial charge < -0.3 is 4.90 Å². The van der Waals surface area contributed by atoms with E-state index in [0.29, 0.717) is 5.54 Å². The molecule has 4 heterocycles. The lowest BCUT2D eigenvalue weighted by atomic mass is 9.84. The lowest BCUT2D eigenvalue weighted by Gasteiger charge is -2.52. The highest BCUT2D eigenvalue weighted by Gasteiger charge is 2.41. The minimum absolute atomic E-state index is 0.415. The molecule has 146 valence electrons. The van der Waals surface area contributed by atoms with Gasteiger partial charge in [-0.3, -0.25) is 14.7 Å². The Balaban J connectivity index is 1.34. The van der Waals surface area contributed by atoms with E-state index in [9.17, 15) is 0 Å². The van der Waals surface area contributed by atoms with Crippen molar-refractivity contribution in [1.29, 1.82) is 0 Å². The quantitative estimate of drug-likeness (QED) is 0.801. The summed E-state index contributed by atoms with van der Waals surface area (Å²) in [5, 5.41) is 2.41. The summed E-state index contributed by atoms with van der Waals surface area (Å²) < 4.78 is 0. The summed E-state index contributed by atoms with van der Waals surface area (Å²) in [4.78, 5) is 12.1. The molecule has 0 saturated carbocycles. The summed E-state index contributed by atoms with van der Waals surface area (Å²) in [5.74, 6) is 0. The molecule has 3 fully saturated rings. The molecular weight excluding hydrogens is 340 g/mol. The number of hydrogen-bond donors (Lipinski definition) is 0. The SMILES string of the molecule is CN1CCC2(CC1)CN(Cc1cc(CN3CCCCC3)cs1)CCN2C. The first-order valence-electron chi connectivity index (χ1n) is 10.5. The summed E-state index contributed by atoms with van der Waals surface area (Å²) in [6, 6.07) is 2.49. The van der Waals surface area contributed by atoms with E-state index >= 15 is 0 Å². The maximum Gasteiger partial charge on any atom is 0.0358 e. The third-order valence-electron chi connectivity index (χ3n) is 6.94. The van der Waals surface area contributed by atoms with Crippen molar-refractivity contribution in [2.45, 2.75) is 50.7 Å². The molecule has 4 nitrogen and oxygen atoms in total. The number of likely N-dealkylation sites (N-methyl/N-ethyl adjacent to an activating group) is 1. The molecule has 3 saturated heterocycles. The second kappa shape index (κ2) is 8.27. The maximum atomic E-state index is 2.72. The minimum Gasteiger partial charge on any atom is -0.306 e. The number of rotatable bonds is 4. The summed E-state index contributed by atoms with van der Waals surface area (Å²) in [6.07, 6.45) is 6.83. The second-order valence-electron chi connectivity index (χ2n) is 8.92. The summed E-state index contributed by atoms with van der Waals surface area (Å²) >= 11 is 1.98. The summed E-state index contributed by atoms with van der Waals surface area (Å²) in [5.41, 5.74) is 1.95. The fourth-order valence-corrected chi connectivity index (χ4v) is 5.96. The molecule has 0 atom stereocenters. The van der Waals surface area contributed by atoms with E-state index in [4.69, 9.17) is 0 Å². The van der Waals surface area contributed by atoms with Crippen LogP contribution in [0.2, 0.25) is 0 Å². The second-order valence-corrected chi connectivity index (χ2v) is 9.91. The van der Waals surface area contributed by atoms with E-state index in [2.05, 4.69) is 45.1 Å². The normalized spacial score (nSPS) is 26.5. The Morgan fingerprint density at radius 1 is 0.885 bits per heavy atom. The molecule has 0 aromatic carbocycles. The number of hydrogen-bond acceptors (Lipinski definition) is 5. The highest BCUT2D eigenvalue weighted by atomic mass is 32.1. The van der Waals surface area contributed by atoms with Crippen molar-refractivity contribution in [2.75, 3.05) is 59.9 Å². The lowest BCUT2D eigenvalue weighted by molar-refractivity contribution is -0.0254. The Morgan fingerprint density at radius 3 is 2.42 bits per heavy atom. The molecule has 1 spiro atoms. The Bertz CT molecular complexity index is 572.